The summed E-state index contributed by atoms with van der Waals surface area (Å²) in [5, 5.41) is 20.3. The molecule has 0 aliphatic carbocycles. The summed E-state index contributed by atoms with van der Waals surface area (Å²) in [4.78, 5) is 0. The number of benzene rings is 1. The molecule has 9 nitrogen and oxygen atoms in total. The summed E-state index contributed by atoms with van der Waals surface area (Å²) < 4.78 is 25.4. The molecular weight excluding hydrogens is 322 g/mol. The Morgan fingerprint density at radius 3 is 2.22 bits per heavy atom. The van der Waals surface area contributed by atoms with Crippen molar-refractivity contribution in [3.8, 4) is 0 Å². The van der Waals surface area contributed by atoms with E-state index in [2.05, 4.69) is 19.9 Å². The molecular formula is C13H19N5O4S. The lowest BCUT2D eigenvalue weighted by molar-refractivity contribution is -0.657. The van der Waals surface area contributed by atoms with Crippen LogP contribution < -0.4 is 15.1 Å². The summed E-state index contributed by atoms with van der Waals surface area (Å²) in [6.07, 6.45) is 4.57. The van der Waals surface area contributed by atoms with Crippen molar-refractivity contribution < 1.29 is 22.6 Å². The Bertz CT molecular complexity index is 734. The third-order valence-electron chi connectivity index (χ3n) is 2.68. The van der Waals surface area contributed by atoms with Gasteiger partial charge in [-0.3, -0.25) is 0 Å². The van der Waals surface area contributed by atoms with Crippen LogP contribution >= 0.6 is 0 Å². The lowest BCUT2D eigenvalue weighted by atomic mass is 10.3. The summed E-state index contributed by atoms with van der Waals surface area (Å²) >= 11 is 0. The van der Waals surface area contributed by atoms with Crippen molar-refractivity contribution in [2.45, 2.75) is 0 Å². The number of aromatic nitrogens is 2. The average Bonchev–Trinajstić information content (AvgIpc) is 2.84. The van der Waals surface area contributed by atoms with Crippen LogP contribution in [0.4, 0.5) is 17.3 Å². The van der Waals surface area contributed by atoms with Gasteiger partial charge < -0.3 is 14.9 Å². The van der Waals surface area contributed by atoms with Crippen molar-refractivity contribution in [1.82, 2.24) is 4.57 Å². The van der Waals surface area contributed by atoms with Gasteiger partial charge in [0.25, 0.3) is 10.1 Å². The number of azo groups is 1. The SMILES string of the molecule is CNc1ccc(N=Nc2n(C)cc[n+]2C)cc1.CS(=O)(=O)O[O-]. The molecule has 0 radical (unpaired) electrons. The lowest BCUT2D eigenvalue weighted by Crippen LogP contribution is -2.25. The fourth-order valence-corrected chi connectivity index (χ4v) is 1.52. The minimum absolute atomic E-state index is 0.681. The van der Waals surface area contributed by atoms with E-state index in [0.717, 1.165) is 17.3 Å². The fourth-order valence-electron chi connectivity index (χ4n) is 1.52. The van der Waals surface area contributed by atoms with Gasteiger partial charge in [0.05, 0.1) is 32.7 Å². The van der Waals surface area contributed by atoms with Crippen LogP contribution in [0.3, 0.4) is 0 Å². The Kier molecular flexibility index (Phi) is 6.82. The molecule has 126 valence electrons. The molecule has 0 atom stereocenters. The van der Waals surface area contributed by atoms with E-state index in [1.54, 1.807) is 0 Å². The van der Waals surface area contributed by atoms with Gasteiger partial charge in [-0.1, -0.05) is 5.11 Å². The van der Waals surface area contributed by atoms with Gasteiger partial charge in [-0.2, -0.15) is 0 Å². The van der Waals surface area contributed by atoms with Crippen molar-refractivity contribution in [2.24, 2.45) is 24.3 Å². The number of hydrogen-bond acceptors (Lipinski definition) is 7. The number of hydrogen-bond donors (Lipinski definition) is 1. The maximum atomic E-state index is 9.47. The first-order valence-electron chi connectivity index (χ1n) is 6.48. The van der Waals surface area contributed by atoms with Gasteiger partial charge in [0.15, 0.2) is 0 Å². The molecule has 1 aromatic heterocycles. The van der Waals surface area contributed by atoms with Gasteiger partial charge in [-0.05, 0) is 24.3 Å². The van der Waals surface area contributed by atoms with E-state index in [-0.39, 0.29) is 0 Å². The molecule has 0 unspecified atom stereocenters. The zero-order chi connectivity index (χ0) is 17.5. The molecule has 1 aromatic carbocycles. The predicted molar refractivity (Wildman–Crippen MR) is 82.7 cm³/mol. The number of anilines is 1. The Balaban J connectivity index is 0.000000379. The molecule has 0 saturated heterocycles. The minimum atomic E-state index is -3.72. The van der Waals surface area contributed by atoms with Crippen LogP contribution in [0.25, 0.3) is 0 Å². The maximum absolute atomic E-state index is 9.47. The van der Waals surface area contributed by atoms with Crippen molar-refractivity contribution in [3.63, 3.8) is 0 Å². The van der Waals surface area contributed by atoms with Crippen LogP contribution in [0.15, 0.2) is 46.9 Å². The molecule has 0 aliphatic heterocycles. The first-order valence-corrected chi connectivity index (χ1v) is 8.30. The highest BCUT2D eigenvalue weighted by Crippen LogP contribution is 2.18. The predicted octanol–water partition coefficient (Wildman–Crippen LogP) is 0.545. The Hall–Kier alpha value is -2.30. The lowest BCUT2D eigenvalue weighted by Gasteiger charge is -1.97. The van der Waals surface area contributed by atoms with Crippen LogP contribution in [-0.2, 0) is 28.5 Å². The molecule has 2 rings (SSSR count). The highest BCUT2D eigenvalue weighted by Gasteiger charge is 2.09. The molecule has 1 heterocycles. The zero-order valence-electron chi connectivity index (χ0n) is 13.3. The smallest absolute Gasteiger partial charge is 0.421 e. The van der Waals surface area contributed by atoms with E-state index in [1.165, 1.54) is 0 Å². The highest BCUT2D eigenvalue weighted by molar-refractivity contribution is 7.85. The monoisotopic (exact) mass is 341 g/mol. The molecule has 0 bridgehead atoms. The largest absolute Gasteiger partial charge is 0.707 e. The number of rotatable bonds is 4. The van der Waals surface area contributed by atoms with Gasteiger partial charge in [0.2, 0.25) is 0 Å². The fraction of sp³-hybridized carbons (Fsp3) is 0.308. The molecule has 2 aromatic rings. The van der Waals surface area contributed by atoms with Crippen molar-refractivity contribution in [2.75, 3.05) is 18.6 Å². The van der Waals surface area contributed by atoms with E-state index in [4.69, 9.17) is 5.26 Å². The van der Waals surface area contributed by atoms with Crippen molar-refractivity contribution >= 4 is 27.4 Å². The molecule has 0 spiro atoms. The zero-order valence-corrected chi connectivity index (χ0v) is 14.1. The van der Waals surface area contributed by atoms with E-state index in [9.17, 15) is 8.42 Å². The molecule has 0 saturated carbocycles. The number of imidazole rings is 1. The normalized spacial score (nSPS) is 11.2. The van der Waals surface area contributed by atoms with E-state index < -0.39 is 10.1 Å². The van der Waals surface area contributed by atoms with E-state index >= 15 is 0 Å². The molecule has 0 fully saturated rings. The molecule has 10 heteroatoms. The summed E-state index contributed by atoms with van der Waals surface area (Å²) in [5.41, 5.74) is 1.90. The Labute approximate surface area is 134 Å². The second-order valence-corrected chi connectivity index (χ2v) is 6.13. The van der Waals surface area contributed by atoms with Gasteiger partial charge in [-0.25, -0.2) is 17.6 Å². The quantitative estimate of drug-likeness (QED) is 0.378. The highest BCUT2D eigenvalue weighted by atomic mass is 32.2. The van der Waals surface area contributed by atoms with Crippen LogP contribution in [0.5, 0.6) is 0 Å². The molecule has 0 aliphatic rings. The number of nitrogens with zero attached hydrogens (tertiary/aromatic N) is 4. The van der Waals surface area contributed by atoms with Gasteiger partial charge in [-0.15, -0.1) is 0 Å². The number of nitrogens with one attached hydrogen (secondary N) is 1. The van der Waals surface area contributed by atoms with Crippen molar-refractivity contribution in [3.05, 3.63) is 36.7 Å². The first-order chi connectivity index (χ1) is 10.8. The second kappa shape index (κ2) is 8.36. The second-order valence-electron chi connectivity index (χ2n) is 4.59. The van der Waals surface area contributed by atoms with Crippen LogP contribution in [-0.4, -0.2) is 26.3 Å². The minimum Gasteiger partial charge on any atom is -0.707 e. The Morgan fingerprint density at radius 2 is 1.83 bits per heavy atom. The van der Waals surface area contributed by atoms with Gasteiger partial charge >= 0.3 is 5.95 Å². The van der Waals surface area contributed by atoms with E-state index in [1.807, 2.05) is 66.9 Å². The summed E-state index contributed by atoms with van der Waals surface area (Å²) in [6.45, 7) is 0. The summed E-state index contributed by atoms with van der Waals surface area (Å²) in [5.74, 6) is 0.808. The Morgan fingerprint density at radius 1 is 1.26 bits per heavy atom. The van der Waals surface area contributed by atoms with E-state index in [0.29, 0.717) is 6.26 Å². The average molecular weight is 341 g/mol. The van der Waals surface area contributed by atoms with Crippen LogP contribution in [0.1, 0.15) is 0 Å². The molecule has 1 N–H and O–H groups in total. The standard InChI is InChI=1S/C12H15N5.CH4O4S/c1-13-10-4-6-11(7-5-10)14-15-12-16(2)8-9-17(12)3;1-6(3,4)5-2/h4-9H,1-3H3;2H,1H3. The number of aryl methyl sites for hydroxylation is 2. The van der Waals surface area contributed by atoms with Crippen LogP contribution in [0, 0.1) is 0 Å². The van der Waals surface area contributed by atoms with Crippen molar-refractivity contribution in [1.29, 1.82) is 0 Å². The third-order valence-corrected chi connectivity index (χ3v) is 2.93. The summed E-state index contributed by atoms with van der Waals surface area (Å²) in [7, 11) is 2.06. The molecule has 23 heavy (non-hydrogen) atoms. The molecule has 0 amide bonds. The topological polar surface area (TPSA) is 112 Å². The first kappa shape index (κ1) is 18.7. The van der Waals surface area contributed by atoms with Crippen LogP contribution in [0.2, 0.25) is 0 Å². The summed E-state index contributed by atoms with van der Waals surface area (Å²) in [6, 6.07) is 7.80. The van der Waals surface area contributed by atoms with Gasteiger partial charge in [0, 0.05) is 17.8 Å². The third kappa shape index (κ3) is 6.55. The van der Waals surface area contributed by atoms with Gasteiger partial charge in [0.1, 0.15) is 5.69 Å². The maximum Gasteiger partial charge on any atom is 0.421 e.